The molecule has 0 fully saturated rings. The minimum atomic E-state index is -0.179. The van der Waals surface area contributed by atoms with Crippen LogP contribution in [0.5, 0.6) is 0 Å². The highest BCUT2D eigenvalue weighted by Gasteiger charge is 2.19. The van der Waals surface area contributed by atoms with Gasteiger partial charge in [-0.25, -0.2) is 0 Å². The minimum absolute atomic E-state index is 0.0454. The van der Waals surface area contributed by atoms with Gasteiger partial charge < -0.3 is 10.8 Å². The number of allylic oxidation sites excluding steroid dienone is 2. The highest BCUT2D eigenvalue weighted by Crippen LogP contribution is 2.34. The molecular formula is C26H34NOP. The summed E-state index contributed by atoms with van der Waals surface area (Å²) in [4.78, 5) is 0. The van der Waals surface area contributed by atoms with Crippen molar-refractivity contribution in [1.82, 2.24) is 0 Å². The maximum atomic E-state index is 9.32. The molecule has 154 valence electrons. The lowest BCUT2D eigenvalue weighted by atomic mass is 9.85. The van der Waals surface area contributed by atoms with Crippen molar-refractivity contribution in [3.63, 3.8) is 0 Å². The monoisotopic (exact) mass is 407 g/mol. The zero-order valence-electron chi connectivity index (χ0n) is 18.3. The molecule has 0 aliphatic rings. The molecule has 29 heavy (non-hydrogen) atoms. The van der Waals surface area contributed by atoms with Gasteiger partial charge in [0.2, 0.25) is 0 Å². The van der Waals surface area contributed by atoms with Gasteiger partial charge in [-0.15, -0.1) is 9.24 Å². The molecule has 0 amide bonds. The van der Waals surface area contributed by atoms with Gasteiger partial charge in [-0.2, -0.15) is 0 Å². The fraction of sp³-hybridized carbons (Fsp3) is 0.308. The van der Waals surface area contributed by atoms with E-state index in [0.29, 0.717) is 5.92 Å². The topological polar surface area (TPSA) is 46.2 Å². The smallest absolute Gasteiger partial charge is 0.108 e. The fourth-order valence-electron chi connectivity index (χ4n) is 3.78. The van der Waals surface area contributed by atoms with Crippen molar-refractivity contribution < 1.29 is 5.11 Å². The SMILES string of the molecule is C=C(O)/C=C/c1cc(C)c([C@@H](N)/C(C)=C(\CC(C)C)c2ccccc2C)c(P)c1. The van der Waals surface area contributed by atoms with Crippen molar-refractivity contribution >= 4 is 26.2 Å². The van der Waals surface area contributed by atoms with E-state index in [1.165, 1.54) is 22.3 Å². The molecule has 3 heteroatoms. The molecule has 2 nitrogen and oxygen atoms in total. The van der Waals surface area contributed by atoms with Gasteiger partial charge in [-0.05, 0) is 89.5 Å². The standard InChI is InChI=1S/C26H34NOP/c1-16(2)13-23(22-10-8-7-9-17(22)3)20(6)26(27)25-18(4)14-21(15-24(25)29)12-11-19(5)28/h7-12,14-16,26,28H,5,13,27,29H2,1-4,6H3/b12-11+,23-20+/t26-/m0/s1. The Morgan fingerprint density at radius 3 is 2.38 bits per heavy atom. The van der Waals surface area contributed by atoms with E-state index in [0.717, 1.165) is 28.4 Å². The van der Waals surface area contributed by atoms with E-state index in [2.05, 4.69) is 86.8 Å². The quantitative estimate of drug-likeness (QED) is 0.316. The summed E-state index contributed by atoms with van der Waals surface area (Å²) in [6.07, 6.45) is 4.45. The zero-order valence-corrected chi connectivity index (χ0v) is 19.4. The molecule has 2 aromatic carbocycles. The Labute approximate surface area is 178 Å². The summed E-state index contributed by atoms with van der Waals surface area (Å²) in [6.45, 7) is 14.4. The molecule has 1 unspecified atom stereocenters. The van der Waals surface area contributed by atoms with Crippen molar-refractivity contribution in [2.24, 2.45) is 11.7 Å². The van der Waals surface area contributed by atoms with Crippen LogP contribution >= 0.6 is 9.24 Å². The predicted octanol–water partition coefficient (Wildman–Crippen LogP) is 6.41. The van der Waals surface area contributed by atoms with Crippen molar-refractivity contribution in [2.75, 3.05) is 0 Å². The largest absolute Gasteiger partial charge is 0.509 e. The Morgan fingerprint density at radius 2 is 1.83 bits per heavy atom. The van der Waals surface area contributed by atoms with E-state index in [4.69, 9.17) is 5.73 Å². The summed E-state index contributed by atoms with van der Waals surface area (Å²) in [5.41, 5.74) is 15.3. The first-order chi connectivity index (χ1) is 13.6. The molecular weight excluding hydrogens is 373 g/mol. The molecule has 0 heterocycles. The summed E-state index contributed by atoms with van der Waals surface area (Å²) >= 11 is 0. The highest BCUT2D eigenvalue weighted by molar-refractivity contribution is 7.27. The van der Waals surface area contributed by atoms with Crippen molar-refractivity contribution in [2.45, 2.75) is 47.1 Å². The summed E-state index contributed by atoms with van der Waals surface area (Å²) in [6, 6.07) is 12.6. The van der Waals surface area contributed by atoms with Crippen LogP contribution in [-0.4, -0.2) is 5.11 Å². The second kappa shape index (κ2) is 10.1. The number of rotatable bonds is 7. The van der Waals surface area contributed by atoms with Gasteiger partial charge in [-0.3, -0.25) is 0 Å². The molecule has 0 radical (unpaired) electrons. The predicted molar refractivity (Wildman–Crippen MR) is 131 cm³/mol. The lowest BCUT2D eigenvalue weighted by Crippen LogP contribution is -2.21. The van der Waals surface area contributed by atoms with Gasteiger partial charge in [0, 0.05) is 0 Å². The number of aryl methyl sites for hydroxylation is 2. The Kier molecular flexibility index (Phi) is 8.02. The van der Waals surface area contributed by atoms with Crippen LogP contribution in [0.15, 0.2) is 60.4 Å². The van der Waals surface area contributed by atoms with Crippen LogP contribution in [0.4, 0.5) is 0 Å². The van der Waals surface area contributed by atoms with E-state index in [-0.39, 0.29) is 11.8 Å². The van der Waals surface area contributed by atoms with Gasteiger partial charge >= 0.3 is 0 Å². The first-order valence-electron chi connectivity index (χ1n) is 10.1. The molecule has 2 aromatic rings. The van der Waals surface area contributed by atoms with Crippen molar-refractivity contribution in [1.29, 1.82) is 0 Å². The van der Waals surface area contributed by atoms with Gasteiger partial charge in [0.05, 0.1) is 6.04 Å². The van der Waals surface area contributed by atoms with E-state index >= 15 is 0 Å². The third-order valence-electron chi connectivity index (χ3n) is 5.25. The molecule has 0 saturated carbocycles. The van der Waals surface area contributed by atoms with Gasteiger partial charge in [0.1, 0.15) is 5.76 Å². The Hall–Kier alpha value is -2.15. The maximum Gasteiger partial charge on any atom is 0.108 e. The van der Waals surface area contributed by atoms with E-state index < -0.39 is 0 Å². The van der Waals surface area contributed by atoms with Crippen LogP contribution in [0.2, 0.25) is 0 Å². The van der Waals surface area contributed by atoms with Gasteiger partial charge in [-0.1, -0.05) is 56.8 Å². The number of nitrogens with two attached hydrogens (primary N) is 1. The second-order valence-electron chi connectivity index (χ2n) is 8.22. The fourth-order valence-corrected chi connectivity index (χ4v) is 4.37. The second-order valence-corrected chi connectivity index (χ2v) is 8.84. The van der Waals surface area contributed by atoms with Crippen LogP contribution in [0, 0.1) is 19.8 Å². The Bertz CT molecular complexity index is 930. The van der Waals surface area contributed by atoms with E-state index in [9.17, 15) is 5.11 Å². The molecule has 0 aliphatic heterocycles. The third-order valence-corrected chi connectivity index (χ3v) is 5.72. The van der Waals surface area contributed by atoms with E-state index in [1.807, 2.05) is 6.08 Å². The maximum absolute atomic E-state index is 9.32. The van der Waals surface area contributed by atoms with Crippen LogP contribution in [0.1, 0.15) is 61.1 Å². The molecule has 3 N–H and O–H groups in total. The number of hydrogen-bond donors (Lipinski definition) is 2. The number of benzene rings is 2. The summed E-state index contributed by atoms with van der Waals surface area (Å²) in [5, 5.41) is 10.4. The average Bonchev–Trinajstić information content (AvgIpc) is 2.63. The zero-order chi connectivity index (χ0) is 21.7. The molecule has 0 aromatic heterocycles. The van der Waals surface area contributed by atoms with Crippen LogP contribution < -0.4 is 11.0 Å². The normalized spacial score (nSPS) is 13.7. The molecule has 2 rings (SSSR count). The first-order valence-corrected chi connectivity index (χ1v) is 10.7. The molecule has 0 saturated heterocycles. The summed E-state index contributed by atoms with van der Waals surface area (Å²) < 4.78 is 0. The Morgan fingerprint density at radius 1 is 1.17 bits per heavy atom. The Balaban J connectivity index is 2.56. The van der Waals surface area contributed by atoms with Crippen LogP contribution in [0.3, 0.4) is 0 Å². The van der Waals surface area contributed by atoms with Crippen LogP contribution in [0.25, 0.3) is 11.6 Å². The van der Waals surface area contributed by atoms with Crippen molar-refractivity contribution in [3.05, 3.63) is 88.2 Å². The number of aliphatic hydroxyl groups excluding tert-OH is 1. The minimum Gasteiger partial charge on any atom is -0.509 e. The first kappa shape index (κ1) is 23.1. The van der Waals surface area contributed by atoms with Crippen LogP contribution in [-0.2, 0) is 0 Å². The highest BCUT2D eigenvalue weighted by atomic mass is 31.0. The molecule has 0 aliphatic carbocycles. The molecule has 2 atom stereocenters. The van der Waals surface area contributed by atoms with Gasteiger partial charge in [0.25, 0.3) is 0 Å². The number of hydrogen-bond acceptors (Lipinski definition) is 2. The summed E-state index contributed by atoms with van der Waals surface area (Å²) in [5.74, 6) is 0.589. The molecule has 0 spiro atoms. The third kappa shape index (κ3) is 5.92. The summed E-state index contributed by atoms with van der Waals surface area (Å²) in [7, 11) is 2.83. The van der Waals surface area contributed by atoms with Crippen molar-refractivity contribution in [3.8, 4) is 0 Å². The average molecular weight is 408 g/mol. The van der Waals surface area contributed by atoms with E-state index in [1.54, 1.807) is 6.08 Å². The number of aliphatic hydroxyl groups is 1. The lowest BCUT2D eigenvalue weighted by Gasteiger charge is -2.24. The van der Waals surface area contributed by atoms with Gasteiger partial charge in [0.15, 0.2) is 0 Å². The lowest BCUT2D eigenvalue weighted by molar-refractivity contribution is 0.436. The molecule has 0 bridgehead atoms.